The predicted octanol–water partition coefficient (Wildman–Crippen LogP) is 0.163. The summed E-state index contributed by atoms with van der Waals surface area (Å²) in [5.74, 6) is 0.344. The van der Waals surface area contributed by atoms with Gasteiger partial charge in [-0.15, -0.1) is 11.6 Å². The van der Waals surface area contributed by atoms with E-state index in [-0.39, 0.29) is 24.8 Å². The van der Waals surface area contributed by atoms with Crippen molar-refractivity contribution in [2.45, 2.75) is 13.3 Å². The molecule has 1 unspecified atom stereocenters. The molecule has 0 aliphatic rings. The molecule has 0 saturated heterocycles. The molecule has 0 rings (SSSR count). The molecule has 4 nitrogen and oxygen atoms in total. The summed E-state index contributed by atoms with van der Waals surface area (Å²) in [5, 5.41) is 8.65. The van der Waals surface area contributed by atoms with E-state index < -0.39 is 10.0 Å². The molecule has 0 spiro atoms. The fourth-order valence-corrected chi connectivity index (χ4v) is 2.15. The number of rotatable bonds is 7. The van der Waals surface area contributed by atoms with Crippen molar-refractivity contribution < 1.29 is 13.5 Å². The van der Waals surface area contributed by atoms with Crippen molar-refractivity contribution in [1.29, 1.82) is 0 Å². The van der Waals surface area contributed by atoms with Crippen molar-refractivity contribution >= 4 is 21.6 Å². The lowest BCUT2D eigenvalue weighted by molar-refractivity contribution is 0.238. The van der Waals surface area contributed by atoms with Gasteiger partial charge in [-0.2, -0.15) is 0 Å². The number of alkyl halides is 1. The second-order valence-electron chi connectivity index (χ2n) is 3.00. The molecular formula is C7H16ClNO3S. The first-order valence-electron chi connectivity index (χ1n) is 4.16. The lowest BCUT2D eigenvalue weighted by atomic mass is 10.2. The molecule has 0 radical (unpaired) electrons. The van der Waals surface area contributed by atoms with Gasteiger partial charge in [0.1, 0.15) is 0 Å². The molecule has 0 aromatic heterocycles. The van der Waals surface area contributed by atoms with Crippen LogP contribution in [0.15, 0.2) is 0 Å². The fourth-order valence-electron chi connectivity index (χ4n) is 0.651. The second-order valence-corrected chi connectivity index (χ2v) is 5.30. The Labute approximate surface area is 84.3 Å². The average molecular weight is 230 g/mol. The Morgan fingerprint density at radius 3 is 2.62 bits per heavy atom. The second kappa shape index (κ2) is 6.59. The van der Waals surface area contributed by atoms with Gasteiger partial charge in [0, 0.05) is 19.0 Å². The number of hydrogen-bond donors (Lipinski definition) is 2. The maximum atomic E-state index is 11.2. The van der Waals surface area contributed by atoms with E-state index in [0.717, 1.165) is 0 Å². The van der Waals surface area contributed by atoms with Crippen molar-refractivity contribution in [3.05, 3.63) is 0 Å². The maximum absolute atomic E-state index is 11.2. The summed E-state index contributed by atoms with van der Waals surface area (Å²) in [4.78, 5) is 0. The standard InChI is InChI=1S/C7H16ClNO3S/c1-7(6-10)5-9-13(11,12)4-2-3-8/h7,9-10H,2-6H2,1H3. The Kier molecular flexibility index (Phi) is 6.67. The van der Waals surface area contributed by atoms with Crippen LogP contribution in [0.25, 0.3) is 0 Å². The highest BCUT2D eigenvalue weighted by molar-refractivity contribution is 7.89. The molecule has 0 saturated carbocycles. The van der Waals surface area contributed by atoms with Crippen LogP contribution in [0, 0.1) is 5.92 Å². The summed E-state index contributed by atoms with van der Waals surface area (Å²) in [6.45, 7) is 2.03. The van der Waals surface area contributed by atoms with E-state index in [1.54, 1.807) is 6.92 Å². The third-order valence-corrected chi connectivity index (χ3v) is 3.21. The fraction of sp³-hybridized carbons (Fsp3) is 1.00. The lowest BCUT2D eigenvalue weighted by Crippen LogP contribution is -2.31. The third-order valence-electron chi connectivity index (χ3n) is 1.51. The summed E-state index contributed by atoms with van der Waals surface area (Å²) in [7, 11) is -3.19. The Bertz CT molecular complexity index is 218. The minimum absolute atomic E-state index is 0.0158. The third kappa shape index (κ3) is 7.25. The van der Waals surface area contributed by atoms with Crippen LogP contribution in [-0.4, -0.2) is 38.3 Å². The van der Waals surface area contributed by atoms with Gasteiger partial charge < -0.3 is 5.11 Å². The Morgan fingerprint density at radius 1 is 1.54 bits per heavy atom. The van der Waals surface area contributed by atoms with Crippen LogP contribution in [0.1, 0.15) is 13.3 Å². The molecule has 0 aliphatic carbocycles. The van der Waals surface area contributed by atoms with E-state index >= 15 is 0 Å². The topological polar surface area (TPSA) is 66.4 Å². The number of nitrogens with one attached hydrogen (secondary N) is 1. The first-order chi connectivity index (χ1) is 6.02. The summed E-state index contributed by atoms with van der Waals surface area (Å²) < 4.78 is 24.7. The van der Waals surface area contributed by atoms with Crippen molar-refractivity contribution in [2.24, 2.45) is 5.92 Å². The van der Waals surface area contributed by atoms with Crippen LogP contribution in [0.3, 0.4) is 0 Å². The minimum Gasteiger partial charge on any atom is -0.396 e. The summed E-state index contributed by atoms with van der Waals surface area (Å²) in [6.07, 6.45) is 0.449. The largest absolute Gasteiger partial charge is 0.396 e. The molecule has 0 aromatic rings. The molecule has 0 fully saturated rings. The molecule has 0 bridgehead atoms. The zero-order chi connectivity index (χ0) is 10.3. The van der Waals surface area contributed by atoms with Gasteiger partial charge in [0.15, 0.2) is 0 Å². The molecule has 0 aliphatic heterocycles. The van der Waals surface area contributed by atoms with Gasteiger partial charge >= 0.3 is 0 Å². The monoisotopic (exact) mass is 229 g/mol. The van der Waals surface area contributed by atoms with Crippen LogP contribution in [0.2, 0.25) is 0 Å². The van der Waals surface area contributed by atoms with E-state index in [2.05, 4.69) is 4.72 Å². The normalized spacial score (nSPS) is 14.4. The molecule has 1 atom stereocenters. The highest BCUT2D eigenvalue weighted by Crippen LogP contribution is 1.95. The average Bonchev–Trinajstić information content (AvgIpc) is 2.11. The quantitative estimate of drug-likeness (QED) is 0.612. The highest BCUT2D eigenvalue weighted by atomic mass is 35.5. The van der Waals surface area contributed by atoms with Gasteiger partial charge in [0.25, 0.3) is 0 Å². The van der Waals surface area contributed by atoms with Gasteiger partial charge in [-0.25, -0.2) is 13.1 Å². The first kappa shape index (κ1) is 13.2. The van der Waals surface area contributed by atoms with Crippen LogP contribution in [0.4, 0.5) is 0 Å². The number of halogens is 1. The summed E-state index contributed by atoms with van der Waals surface area (Å²) in [5.41, 5.74) is 0. The Hall–Kier alpha value is 0.160. The van der Waals surface area contributed by atoms with Crippen molar-refractivity contribution in [3.63, 3.8) is 0 Å². The predicted molar refractivity (Wildman–Crippen MR) is 53.4 cm³/mol. The summed E-state index contributed by atoms with van der Waals surface area (Å²) in [6, 6.07) is 0. The first-order valence-corrected chi connectivity index (χ1v) is 6.34. The van der Waals surface area contributed by atoms with Gasteiger partial charge in [-0.3, -0.25) is 0 Å². The van der Waals surface area contributed by atoms with Crippen molar-refractivity contribution in [2.75, 3.05) is 24.8 Å². The minimum atomic E-state index is -3.19. The van der Waals surface area contributed by atoms with Gasteiger partial charge in [0.2, 0.25) is 10.0 Å². The van der Waals surface area contributed by atoms with E-state index in [0.29, 0.717) is 12.3 Å². The van der Waals surface area contributed by atoms with E-state index in [4.69, 9.17) is 16.7 Å². The van der Waals surface area contributed by atoms with Crippen LogP contribution in [0.5, 0.6) is 0 Å². The Morgan fingerprint density at radius 2 is 2.15 bits per heavy atom. The van der Waals surface area contributed by atoms with E-state index in [9.17, 15) is 8.42 Å². The molecule has 0 heterocycles. The number of aliphatic hydroxyl groups excluding tert-OH is 1. The number of sulfonamides is 1. The van der Waals surface area contributed by atoms with E-state index in [1.165, 1.54) is 0 Å². The molecule has 0 amide bonds. The van der Waals surface area contributed by atoms with Crippen LogP contribution < -0.4 is 4.72 Å². The molecule has 6 heteroatoms. The van der Waals surface area contributed by atoms with Crippen molar-refractivity contribution in [3.8, 4) is 0 Å². The number of aliphatic hydroxyl groups is 1. The zero-order valence-corrected chi connectivity index (χ0v) is 9.24. The lowest BCUT2D eigenvalue weighted by Gasteiger charge is -2.09. The maximum Gasteiger partial charge on any atom is 0.211 e. The molecule has 0 aromatic carbocycles. The smallest absolute Gasteiger partial charge is 0.211 e. The molecule has 2 N–H and O–H groups in total. The molecule has 80 valence electrons. The molecule has 13 heavy (non-hydrogen) atoms. The highest BCUT2D eigenvalue weighted by Gasteiger charge is 2.10. The van der Waals surface area contributed by atoms with Crippen molar-refractivity contribution in [1.82, 2.24) is 4.72 Å². The van der Waals surface area contributed by atoms with Gasteiger partial charge in [-0.05, 0) is 12.3 Å². The zero-order valence-electron chi connectivity index (χ0n) is 7.66. The van der Waals surface area contributed by atoms with Crippen LogP contribution in [-0.2, 0) is 10.0 Å². The summed E-state index contributed by atoms with van der Waals surface area (Å²) >= 11 is 5.37. The van der Waals surface area contributed by atoms with Gasteiger partial charge in [-0.1, -0.05) is 6.92 Å². The van der Waals surface area contributed by atoms with Crippen LogP contribution >= 0.6 is 11.6 Å². The SMILES string of the molecule is CC(CO)CNS(=O)(=O)CCCCl. The number of hydrogen-bond acceptors (Lipinski definition) is 3. The van der Waals surface area contributed by atoms with Gasteiger partial charge in [0.05, 0.1) is 5.75 Å². The van der Waals surface area contributed by atoms with E-state index in [1.807, 2.05) is 0 Å². The Balaban J connectivity index is 3.76. The molecular weight excluding hydrogens is 214 g/mol.